The molecule has 3 N–H and O–H groups in total. The zero-order valence-corrected chi connectivity index (χ0v) is 20.6. The summed E-state index contributed by atoms with van der Waals surface area (Å²) in [5.74, 6) is 1.74. The number of aliphatic imine (C=N–C) groups is 1. The van der Waals surface area contributed by atoms with Gasteiger partial charge in [0.25, 0.3) is 0 Å². The monoisotopic (exact) mass is 469 g/mol. The summed E-state index contributed by atoms with van der Waals surface area (Å²) in [7, 11) is 1.65. The zero-order chi connectivity index (χ0) is 24.3. The number of methoxy groups -OCH3 is 1. The van der Waals surface area contributed by atoms with Crippen molar-refractivity contribution in [1.29, 1.82) is 0 Å². The number of hydrogen-bond donors (Lipinski definition) is 2. The van der Waals surface area contributed by atoms with Crippen LogP contribution in [0, 0.1) is 5.92 Å². The molecule has 1 aromatic rings. The van der Waals surface area contributed by atoms with Gasteiger partial charge in [0.15, 0.2) is 11.5 Å². The Morgan fingerprint density at radius 3 is 2.65 bits per heavy atom. The highest BCUT2D eigenvalue weighted by atomic mass is 16.5. The molecule has 0 bridgehead atoms. The largest absolute Gasteiger partial charge is 0.493 e. The maximum atomic E-state index is 11.3. The van der Waals surface area contributed by atoms with Gasteiger partial charge in [-0.1, -0.05) is 6.58 Å². The molecule has 0 aliphatic carbocycles. The minimum absolute atomic E-state index is 0.00913. The smallest absolute Gasteiger partial charge is 0.220 e. The molecule has 0 radical (unpaired) electrons. The second-order valence-corrected chi connectivity index (χ2v) is 8.94. The van der Waals surface area contributed by atoms with Crippen LogP contribution in [0.4, 0.5) is 5.69 Å². The number of primary amides is 1. The van der Waals surface area contributed by atoms with E-state index in [1.165, 1.54) is 25.9 Å². The fourth-order valence-corrected chi connectivity index (χ4v) is 4.40. The first-order valence-corrected chi connectivity index (χ1v) is 12.2. The molecule has 3 rings (SSSR count). The number of benzene rings is 1. The van der Waals surface area contributed by atoms with Crippen molar-refractivity contribution in [2.45, 2.75) is 39.0 Å². The van der Waals surface area contributed by atoms with Gasteiger partial charge in [-0.3, -0.25) is 4.79 Å². The quantitative estimate of drug-likeness (QED) is 0.359. The van der Waals surface area contributed by atoms with Crippen LogP contribution < -0.4 is 20.5 Å². The zero-order valence-electron chi connectivity index (χ0n) is 20.6. The molecule has 2 aliphatic heterocycles. The molecule has 0 spiro atoms. The first-order valence-electron chi connectivity index (χ1n) is 12.2. The fourth-order valence-electron chi connectivity index (χ4n) is 4.40. The van der Waals surface area contributed by atoms with Crippen LogP contribution in [0.15, 0.2) is 47.4 Å². The van der Waals surface area contributed by atoms with Gasteiger partial charge in [-0.25, -0.2) is 4.99 Å². The Labute approximate surface area is 203 Å². The maximum Gasteiger partial charge on any atom is 0.220 e. The molecule has 1 aromatic carbocycles. The van der Waals surface area contributed by atoms with Gasteiger partial charge in [0.05, 0.1) is 13.7 Å². The van der Waals surface area contributed by atoms with E-state index in [1.54, 1.807) is 13.3 Å². The van der Waals surface area contributed by atoms with E-state index < -0.39 is 0 Å². The molecule has 2 aliphatic rings. The van der Waals surface area contributed by atoms with E-state index in [0.717, 1.165) is 50.3 Å². The van der Waals surface area contributed by atoms with Crippen LogP contribution in [0.1, 0.15) is 39.0 Å². The van der Waals surface area contributed by atoms with E-state index in [-0.39, 0.29) is 11.8 Å². The van der Waals surface area contributed by atoms with Crippen LogP contribution in [0.3, 0.4) is 0 Å². The average Bonchev–Trinajstić information content (AvgIpc) is 3.35. The molecular formula is C26H39N5O3. The molecule has 186 valence electrons. The van der Waals surface area contributed by atoms with Crippen molar-refractivity contribution in [2.75, 3.05) is 51.8 Å². The van der Waals surface area contributed by atoms with Crippen LogP contribution in [0.2, 0.25) is 0 Å². The third-order valence-corrected chi connectivity index (χ3v) is 6.47. The molecule has 2 saturated heterocycles. The third-order valence-electron chi connectivity index (χ3n) is 6.47. The van der Waals surface area contributed by atoms with Gasteiger partial charge in [0.1, 0.15) is 5.82 Å². The molecule has 1 amide bonds. The molecule has 0 saturated carbocycles. The first kappa shape index (κ1) is 25.6. The van der Waals surface area contributed by atoms with E-state index in [1.807, 2.05) is 31.2 Å². The molecule has 0 atom stereocenters. The standard InChI is InChI=1S/C26H39N5O3/c1-20(31-16-10-22(11-17-31)26(27)32)9-12-28-21(2)29-23-7-8-24(33-3)25(19-23)34-18-6-15-30-13-4-5-14-30/h7-9,12,19,22,29H,2,4-6,10-11,13-18H2,1,3H3,(H2,27,32)/b20-9+,28-12?. The molecule has 2 fully saturated rings. The van der Waals surface area contributed by atoms with Crippen LogP contribution in [-0.4, -0.2) is 68.4 Å². The van der Waals surface area contributed by atoms with Crippen LogP contribution in [0.25, 0.3) is 0 Å². The van der Waals surface area contributed by atoms with Gasteiger partial charge < -0.3 is 30.3 Å². The highest BCUT2D eigenvalue weighted by Crippen LogP contribution is 2.31. The van der Waals surface area contributed by atoms with Crippen molar-refractivity contribution in [3.8, 4) is 11.5 Å². The third kappa shape index (κ3) is 7.80. The van der Waals surface area contributed by atoms with E-state index in [4.69, 9.17) is 15.2 Å². The Balaban J connectivity index is 1.47. The normalized spacial score (nSPS) is 17.8. The SMILES string of the molecule is C=C(N=C/C=C(\C)N1CCC(C(N)=O)CC1)Nc1ccc(OC)c(OCCCN2CCCC2)c1. The van der Waals surface area contributed by atoms with Crippen LogP contribution in [0.5, 0.6) is 11.5 Å². The van der Waals surface area contributed by atoms with Crippen molar-refractivity contribution >= 4 is 17.8 Å². The lowest BCUT2D eigenvalue weighted by Crippen LogP contribution is -2.37. The highest BCUT2D eigenvalue weighted by molar-refractivity contribution is 5.76. The number of nitrogens with zero attached hydrogens (tertiary/aromatic N) is 3. The Morgan fingerprint density at radius 1 is 1.24 bits per heavy atom. The lowest BCUT2D eigenvalue weighted by atomic mass is 9.96. The average molecular weight is 470 g/mol. The number of nitrogens with one attached hydrogen (secondary N) is 1. The molecular weight excluding hydrogens is 430 g/mol. The minimum atomic E-state index is -0.195. The minimum Gasteiger partial charge on any atom is -0.493 e. The predicted octanol–water partition coefficient (Wildman–Crippen LogP) is 3.61. The summed E-state index contributed by atoms with van der Waals surface area (Å²) in [6.45, 7) is 11.8. The number of nitrogens with two attached hydrogens (primary N) is 1. The topological polar surface area (TPSA) is 92.4 Å². The van der Waals surface area contributed by atoms with E-state index in [2.05, 4.69) is 26.7 Å². The number of amides is 1. The first-order chi connectivity index (χ1) is 16.5. The predicted molar refractivity (Wildman–Crippen MR) is 137 cm³/mol. The second kappa shape index (κ2) is 13.0. The number of rotatable bonds is 12. The number of anilines is 1. The number of allylic oxidation sites excluding steroid dienone is 2. The Morgan fingerprint density at radius 2 is 1.97 bits per heavy atom. The Kier molecular flexibility index (Phi) is 9.82. The van der Waals surface area contributed by atoms with Crippen molar-refractivity contribution in [2.24, 2.45) is 16.6 Å². The maximum absolute atomic E-state index is 11.3. The molecule has 8 heteroatoms. The Hall–Kier alpha value is -3.00. The summed E-state index contributed by atoms with van der Waals surface area (Å²) >= 11 is 0. The van der Waals surface area contributed by atoms with Gasteiger partial charge in [-0.2, -0.15) is 0 Å². The molecule has 0 unspecified atom stereocenters. The van der Waals surface area contributed by atoms with Crippen molar-refractivity contribution in [3.63, 3.8) is 0 Å². The fraction of sp³-hybridized carbons (Fsp3) is 0.538. The summed E-state index contributed by atoms with van der Waals surface area (Å²) in [5, 5.41) is 3.21. The summed E-state index contributed by atoms with van der Waals surface area (Å²) in [6, 6.07) is 5.72. The van der Waals surface area contributed by atoms with Gasteiger partial charge in [-0.15, -0.1) is 0 Å². The second-order valence-electron chi connectivity index (χ2n) is 8.94. The number of carbonyl (C=O) groups is 1. The molecule has 2 heterocycles. The summed E-state index contributed by atoms with van der Waals surface area (Å²) < 4.78 is 11.5. The Bertz CT molecular complexity index is 884. The number of carbonyl (C=O) groups excluding carboxylic acids is 1. The number of piperidine rings is 1. The lowest BCUT2D eigenvalue weighted by Gasteiger charge is -2.32. The van der Waals surface area contributed by atoms with Crippen LogP contribution in [-0.2, 0) is 4.79 Å². The number of likely N-dealkylation sites (tertiary alicyclic amines) is 2. The molecule has 0 aromatic heterocycles. The molecule has 34 heavy (non-hydrogen) atoms. The lowest BCUT2D eigenvalue weighted by molar-refractivity contribution is -0.123. The van der Waals surface area contributed by atoms with Crippen LogP contribution >= 0.6 is 0 Å². The summed E-state index contributed by atoms with van der Waals surface area (Å²) in [4.78, 5) is 20.5. The van der Waals surface area contributed by atoms with Crippen molar-refractivity contribution in [1.82, 2.24) is 9.80 Å². The summed E-state index contributed by atoms with van der Waals surface area (Å²) in [5.41, 5.74) is 7.36. The number of ether oxygens (including phenoxy) is 2. The van der Waals surface area contributed by atoms with Crippen molar-refractivity contribution in [3.05, 3.63) is 42.4 Å². The van der Waals surface area contributed by atoms with Gasteiger partial charge in [0.2, 0.25) is 5.91 Å². The van der Waals surface area contributed by atoms with E-state index >= 15 is 0 Å². The van der Waals surface area contributed by atoms with E-state index in [0.29, 0.717) is 23.9 Å². The van der Waals surface area contributed by atoms with Gasteiger partial charge >= 0.3 is 0 Å². The van der Waals surface area contributed by atoms with Gasteiger partial charge in [-0.05, 0) is 70.3 Å². The summed E-state index contributed by atoms with van der Waals surface area (Å²) in [6.07, 6.45) is 8.89. The van der Waals surface area contributed by atoms with Gasteiger partial charge in [0, 0.05) is 49.2 Å². The van der Waals surface area contributed by atoms with E-state index in [9.17, 15) is 4.79 Å². The number of hydrogen-bond acceptors (Lipinski definition) is 7. The van der Waals surface area contributed by atoms with Crippen molar-refractivity contribution < 1.29 is 14.3 Å². The molecule has 8 nitrogen and oxygen atoms in total. The highest BCUT2D eigenvalue weighted by Gasteiger charge is 2.22.